The maximum absolute atomic E-state index is 13.6. The lowest BCUT2D eigenvalue weighted by atomic mass is 9.69. The lowest BCUT2D eigenvalue weighted by Gasteiger charge is -2.36. The third-order valence-corrected chi connectivity index (χ3v) is 3.41. The molecule has 0 unspecified atom stereocenters. The summed E-state index contributed by atoms with van der Waals surface area (Å²) in [6.45, 7) is 0. The molecule has 0 spiro atoms. The Labute approximate surface area is 104 Å². The Hall–Kier alpha value is -1.96. The Kier molecular flexibility index (Phi) is 3.04. The second-order valence-corrected chi connectivity index (χ2v) is 4.51. The maximum Gasteiger partial charge on any atom is 0.247 e. The number of amides is 1. The topological polar surface area (TPSA) is 44.1 Å². The van der Waals surface area contributed by atoms with Crippen LogP contribution in [-0.2, 0) is 4.79 Å². The molecule has 1 aromatic rings. The van der Waals surface area contributed by atoms with Crippen LogP contribution in [0.15, 0.2) is 18.2 Å². The molecule has 1 aliphatic carbocycles. The van der Waals surface area contributed by atoms with Gasteiger partial charge in [0.1, 0.15) is 17.0 Å². The molecule has 0 radical (unpaired) electrons. The van der Waals surface area contributed by atoms with E-state index in [-0.39, 0.29) is 5.69 Å². The molecule has 18 heavy (non-hydrogen) atoms. The zero-order valence-corrected chi connectivity index (χ0v) is 9.91. The number of hydrogen-bond donors (Lipinski definition) is 0. The highest BCUT2D eigenvalue weighted by Crippen LogP contribution is 2.42. The zero-order chi connectivity index (χ0) is 13.3. The van der Waals surface area contributed by atoms with E-state index in [2.05, 4.69) is 0 Å². The van der Waals surface area contributed by atoms with Gasteiger partial charge in [0.25, 0.3) is 0 Å². The summed E-state index contributed by atoms with van der Waals surface area (Å²) < 4.78 is 26.4. The van der Waals surface area contributed by atoms with Gasteiger partial charge in [-0.2, -0.15) is 5.26 Å². The second-order valence-electron chi connectivity index (χ2n) is 4.51. The number of benzene rings is 1. The SMILES string of the molecule is CN(C(=O)C1(C#N)CCC1)c1ccc(F)cc1F. The summed E-state index contributed by atoms with van der Waals surface area (Å²) in [4.78, 5) is 13.3. The molecule has 3 nitrogen and oxygen atoms in total. The molecule has 0 saturated heterocycles. The van der Waals surface area contributed by atoms with E-state index in [0.29, 0.717) is 12.8 Å². The highest BCUT2D eigenvalue weighted by atomic mass is 19.1. The molecule has 0 N–H and O–H groups in total. The summed E-state index contributed by atoms with van der Waals surface area (Å²) in [5.74, 6) is -1.93. The first-order valence-corrected chi connectivity index (χ1v) is 5.65. The monoisotopic (exact) mass is 250 g/mol. The summed E-state index contributed by atoms with van der Waals surface area (Å²) in [7, 11) is 1.40. The van der Waals surface area contributed by atoms with Crippen molar-refractivity contribution in [3.63, 3.8) is 0 Å². The number of nitrogens with zero attached hydrogens (tertiary/aromatic N) is 2. The van der Waals surface area contributed by atoms with Gasteiger partial charge >= 0.3 is 0 Å². The minimum atomic E-state index is -1.03. The second kappa shape index (κ2) is 4.37. The summed E-state index contributed by atoms with van der Waals surface area (Å²) in [6, 6.07) is 5.02. The summed E-state index contributed by atoms with van der Waals surface area (Å²) in [5.41, 5.74) is -1.04. The van der Waals surface area contributed by atoms with E-state index in [9.17, 15) is 13.6 Å². The van der Waals surface area contributed by atoms with Crippen molar-refractivity contribution >= 4 is 11.6 Å². The number of nitriles is 1. The Morgan fingerprint density at radius 1 is 1.44 bits per heavy atom. The number of carbonyl (C=O) groups is 1. The van der Waals surface area contributed by atoms with E-state index in [4.69, 9.17) is 5.26 Å². The molecule has 2 rings (SSSR count). The lowest BCUT2D eigenvalue weighted by molar-refractivity contribution is -0.128. The van der Waals surface area contributed by atoms with Gasteiger partial charge < -0.3 is 4.90 Å². The van der Waals surface area contributed by atoms with Crippen molar-refractivity contribution in [2.45, 2.75) is 19.3 Å². The van der Waals surface area contributed by atoms with Crippen LogP contribution in [0.5, 0.6) is 0 Å². The van der Waals surface area contributed by atoms with E-state index in [1.54, 1.807) is 0 Å². The van der Waals surface area contributed by atoms with Gasteiger partial charge in [0, 0.05) is 13.1 Å². The molecular formula is C13H12F2N2O. The Morgan fingerprint density at radius 2 is 2.11 bits per heavy atom. The quantitative estimate of drug-likeness (QED) is 0.809. The Morgan fingerprint density at radius 3 is 2.56 bits per heavy atom. The van der Waals surface area contributed by atoms with Crippen LogP contribution in [0.2, 0.25) is 0 Å². The largest absolute Gasteiger partial charge is 0.311 e. The van der Waals surface area contributed by atoms with E-state index in [0.717, 1.165) is 23.5 Å². The predicted molar refractivity (Wildman–Crippen MR) is 61.7 cm³/mol. The fourth-order valence-corrected chi connectivity index (χ4v) is 2.09. The maximum atomic E-state index is 13.6. The molecule has 0 aromatic heterocycles. The van der Waals surface area contributed by atoms with E-state index < -0.39 is 23.0 Å². The minimum absolute atomic E-state index is 0.0112. The van der Waals surface area contributed by atoms with Gasteiger partial charge in [-0.25, -0.2) is 8.78 Å². The van der Waals surface area contributed by atoms with E-state index >= 15 is 0 Å². The van der Waals surface area contributed by atoms with Crippen molar-refractivity contribution in [3.05, 3.63) is 29.8 Å². The Bertz CT molecular complexity index is 532. The molecule has 1 aliphatic rings. The molecule has 1 saturated carbocycles. The van der Waals surface area contributed by atoms with Gasteiger partial charge in [0.05, 0.1) is 11.8 Å². The van der Waals surface area contributed by atoms with Crippen molar-refractivity contribution < 1.29 is 13.6 Å². The van der Waals surface area contributed by atoms with Crippen molar-refractivity contribution in [2.75, 3.05) is 11.9 Å². The third kappa shape index (κ3) is 1.84. The first kappa shape index (κ1) is 12.5. The van der Waals surface area contributed by atoms with Crippen LogP contribution >= 0.6 is 0 Å². The van der Waals surface area contributed by atoms with Crippen LogP contribution in [0.25, 0.3) is 0 Å². The van der Waals surface area contributed by atoms with Gasteiger partial charge in [0.15, 0.2) is 0 Å². The number of carbonyl (C=O) groups excluding carboxylic acids is 1. The Balaban J connectivity index is 2.29. The molecule has 0 atom stereocenters. The van der Waals surface area contributed by atoms with Gasteiger partial charge in [-0.3, -0.25) is 4.79 Å². The van der Waals surface area contributed by atoms with Crippen LogP contribution in [0.1, 0.15) is 19.3 Å². The van der Waals surface area contributed by atoms with Crippen molar-refractivity contribution in [2.24, 2.45) is 5.41 Å². The molecule has 0 aliphatic heterocycles. The molecule has 1 aromatic carbocycles. The third-order valence-electron chi connectivity index (χ3n) is 3.41. The normalized spacial score (nSPS) is 16.6. The van der Waals surface area contributed by atoms with Crippen molar-refractivity contribution in [1.29, 1.82) is 5.26 Å². The number of hydrogen-bond acceptors (Lipinski definition) is 2. The first-order valence-electron chi connectivity index (χ1n) is 5.65. The molecule has 1 fully saturated rings. The number of anilines is 1. The first-order chi connectivity index (χ1) is 8.50. The number of halogens is 2. The van der Waals surface area contributed by atoms with Crippen molar-refractivity contribution in [1.82, 2.24) is 0 Å². The molecule has 5 heteroatoms. The minimum Gasteiger partial charge on any atom is -0.311 e. The summed E-state index contributed by atoms with van der Waals surface area (Å²) in [5, 5.41) is 9.06. The lowest BCUT2D eigenvalue weighted by Crippen LogP contribution is -2.46. The van der Waals surface area contributed by atoms with Crippen LogP contribution in [0.4, 0.5) is 14.5 Å². The zero-order valence-electron chi connectivity index (χ0n) is 9.91. The standard InChI is InChI=1S/C13H12F2N2O/c1-17(11-4-3-9(14)7-10(11)15)12(18)13(8-16)5-2-6-13/h3-4,7H,2,5-6H2,1H3. The van der Waals surface area contributed by atoms with Crippen LogP contribution in [0.3, 0.4) is 0 Å². The van der Waals surface area contributed by atoms with Crippen LogP contribution in [0, 0.1) is 28.4 Å². The highest BCUT2D eigenvalue weighted by Gasteiger charge is 2.46. The summed E-state index contributed by atoms with van der Waals surface area (Å²) in [6.07, 6.45) is 1.81. The van der Waals surface area contributed by atoms with Gasteiger partial charge in [-0.15, -0.1) is 0 Å². The molecule has 0 heterocycles. The average molecular weight is 250 g/mol. The smallest absolute Gasteiger partial charge is 0.247 e. The van der Waals surface area contributed by atoms with Crippen molar-refractivity contribution in [3.8, 4) is 6.07 Å². The highest BCUT2D eigenvalue weighted by molar-refractivity contribution is 5.99. The molecule has 0 bridgehead atoms. The van der Waals surface area contributed by atoms with Crippen LogP contribution in [-0.4, -0.2) is 13.0 Å². The van der Waals surface area contributed by atoms with Gasteiger partial charge in [-0.1, -0.05) is 0 Å². The van der Waals surface area contributed by atoms with Gasteiger partial charge in [-0.05, 0) is 31.4 Å². The van der Waals surface area contributed by atoms with E-state index in [1.165, 1.54) is 13.1 Å². The number of rotatable bonds is 2. The average Bonchev–Trinajstić information content (AvgIpc) is 2.27. The fourth-order valence-electron chi connectivity index (χ4n) is 2.09. The molecule has 94 valence electrons. The predicted octanol–water partition coefficient (Wildman–Crippen LogP) is 2.62. The van der Waals surface area contributed by atoms with Gasteiger partial charge in [0.2, 0.25) is 5.91 Å². The molecule has 1 amide bonds. The van der Waals surface area contributed by atoms with E-state index in [1.807, 2.05) is 6.07 Å². The fraction of sp³-hybridized carbons (Fsp3) is 0.385. The molecular weight excluding hydrogens is 238 g/mol. The summed E-state index contributed by atoms with van der Waals surface area (Å²) >= 11 is 0. The van der Waals surface area contributed by atoms with Crippen LogP contribution < -0.4 is 4.90 Å².